The number of benzene rings is 4. The smallest absolute Gasteiger partial charge is 0.340 e. The van der Waals surface area contributed by atoms with Crippen molar-refractivity contribution in [3.8, 4) is 23.0 Å². The molecule has 1 atom stereocenters. The Morgan fingerprint density at radius 3 is 2.34 bits per heavy atom. The minimum Gasteiger partial charge on any atom is -0.508 e. The largest absolute Gasteiger partial charge is 0.508 e. The highest BCUT2D eigenvalue weighted by atomic mass is 35.5. The van der Waals surface area contributed by atoms with E-state index in [0.29, 0.717) is 44.3 Å². The number of phenols is 2. The van der Waals surface area contributed by atoms with Crippen LogP contribution in [0.3, 0.4) is 0 Å². The van der Waals surface area contributed by atoms with Gasteiger partial charge in [-0.15, -0.1) is 0 Å². The van der Waals surface area contributed by atoms with Crippen molar-refractivity contribution in [1.82, 2.24) is 0 Å². The maximum atomic E-state index is 13.7. The van der Waals surface area contributed by atoms with Crippen molar-refractivity contribution in [1.29, 1.82) is 0 Å². The highest BCUT2D eigenvalue weighted by molar-refractivity contribution is 6.34. The summed E-state index contributed by atoms with van der Waals surface area (Å²) in [6.45, 7) is 9.32. The van der Waals surface area contributed by atoms with Crippen molar-refractivity contribution in [2.75, 3.05) is 0 Å². The molecular formula is C31H25ClO6. The third kappa shape index (κ3) is 3.01. The molecule has 4 aromatic rings. The number of fused-ring (bicyclic) bond motifs is 8. The van der Waals surface area contributed by atoms with Gasteiger partial charge in [-0.3, -0.25) is 4.79 Å². The third-order valence-electron chi connectivity index (χ3n) is 8.12. The lowest BCUT2D eigenvalue weighted by molar-refractivity contribution is -0.116. The number of carbonyl (C=O) groups is 2. The molecule has 2 N–H and O–H groups in total. The number of ether oxygens (including phenoxy) is 2. The summed E-state index contributed by atoms with van der Waals surface area (Å²) in [4.78, 5) is 25.8. The van der Waals surface area contributed by atoms with Crippen molar-refractivity contribution in [2.24, 2.45) is 0 Å². The van der Waals surface area contributed by atoms with Crippen molar-refractivity contribution in [3.63, 3.8) is 0 Å². The number of halogens is 1. The normalized spacial score (nSPS) is 17.2. The molecule has 0 aliphatic carbocycles. The van der Waals surface area contributed by atoms with E-state index in [1.54, 1.807) is 24.3 Å². The van der Waals surface area contributed by atoms with Crippen LogP contribution in [0, 0.1) is 27.7 Å². The van der Waals surface area contributed by atoms with Gasteiger partial charge in [0.2, 0.25) is 0 Å². The van der Waals surface area contributed by atoms with E-state index in [4.69, 9.17) is 21.1 Å². The first-order valence-corrected chi connectivity index (χ1v) is 12.7. The average molecular weight is 529 g/mol. The molecule has 6 nitrogen and oxygen atoms in total. The van der Waals surface area contributed by atoms with Gasteiger partial charge < -0.3 is 19.7 Å². The Labute approximate surface area is 224 Å². The van der Waals surface area contributed by atoms with Gasteiger partial charge in [-0.05, 0) is 92.6 Å². The van der Waals surface area contributed by atoms with Gasteiger partial charge in [-0.2, -0.15) is 0 Å². The van der Waals surface area contributed by atoms with Gasteiger partial charge in [0, 0.05) is 34.1 Å². The molecule has 2 aliphatic rings. The first kappa shape index (κ1) is 24.3. The van der Waals surface area contributed by atoms with Crippen LogP contribution in [0.25, 0.3) is 10.8 Å². The van der Waals surface area contributed by atoms with Gasteiger partial charge in [-0.1, -0.05) is 17.7 Å². The lowest BCUT2D eigenvalue weighted by Crippen LogP contribution is -2.34. The molecule has 4 aromatic carbocycles. The van der Waals surface area contributed by atoms with E-state index >= 15 is 0 Å². The molecule has 1 spiro atoms. The Morgan fingerprint density at radius 2 is 1.63 bits per heavy atom. The topological polar surface area (TPSA) is 93.1 Å². The Balaban J connectivity index is 1.82. The Kier molecular flexibility index (Phi) is 5.11. The summed E-state index contributed by atoms with van der Waals surface area (Å²) >= 11 is 6.73. The minimum absolute atomic E-state index is 0.0511. The van der Waals surface area contributed by atoms with Crippen LogP contribution in [0.4, 0.5) is 0 Å². The van der Waals surface area contributed by atoms with E-state index in [1.807, 2.05) is 39.8 Å². The van der Waals surface area contributed by atoms with Crippen LogP contribution in [0.1, 0.15) is 61.8 Å². The molecule has 192 valence electrons. The number of phenolic OH excluding ortho intramolecular Hbond substituents is 2. The molecule has 0 amide bonds. The predicted octanol–water partition coefficient (Wildman–Crippen LogP) is 6.84. The number of hydrogen-bond donors (Lipinski definition) is 2. The number of aromatic hydroxyl groups is 2. The van der Waals surface area contributed by atoms with E-state index in [1.165, 1.54) is 6.92 Å². The first-order chi connectivity index (χ1) is 18.0. The number of rotatable bonds is 2. The van der Waals surface area contributed by atoms with E-state index in [0.717, 1.165) is 22.3 Å². The quantitative estimate of drug-likeness (QED) is 0.277. The van der Waals surface area contributed by atoms with E-state index in [9.17, 15) is 19.8 Å². The lowest BCUT2D eigenvalue weighted by Gasteiger charge is -2.38. The summed E-state index contributed by atoms with van der Waals surface area (Å²) in [6, 6.07) is 10.2. The van der Waals surface area contributed by atoms with E-state index < -0.39 is 11.6 Å². The van der Waals surface area contributed by atoms with Crippen LogP contribution in [0.2, 0.25) is 5.02 Å². The monoisotopic (exact) mass is 528 g/mol. The molecule has 0 saturated carbocycles. The molecule has 2 aliphatic heterocycles. The second-order valence-corrected chi connectivity index (χ2v) is 10.6. The Morgan fingerprint density at radius 1 is 0.921 bits per heavy atom. The highest BCUT2D eigenvalue weighted by Crippen LogP contribution is 2.61. The van der Waals surface area contributed by atoms with Crippen LogP contribution in [0.5, 0.6) is 23.0 Å². The van der Waals surface area contributed by atoms with Crippen molar-refractivity contribution in [2.45, 2.75) is 46.6 Å². The maximum absolute atomic E-state index is 13.7. The molecule has 38 heavy (non-hydrogen) atoms. The number of ketones is 1. The second-order valence-electron chi connectivity index (χ2n) is 10.2. The summed E-state index contributed by atoms with van der Waals surface area (Å²) in [5.41, 5.74) is 4.89. The van der Waals surface area contributed by atoms with Crippen LogP contribution >= 0.6 is 11.6 Å². The molecule has 0 radical (unpaired) electrons. The average Bonchev–Trinajstić information content (AvgIpc) is 3.18. The second kappa shape index (κ2) is 7.98. The third-order valence-corrected chi connectivity index (χ3v) is 8.47. The lowest BCUT2D eigenvalue weighted by atomic mass is 9.73. The molecule has 0 saturated heterocycles. The predicted molar refractivity (Wildman–Crippen MR) is 144 cm³/mol. The molecule has 0 fully saturated rings. The maximum Gasteiger partial charge on any atom is 0.340 e. The fourth-order valence-corrected chi connectivity index (χ4v) is 6.25. The summed E-state index contributed by atoms with van der Waals surface area (Å²) in [6.07, 6.45) is -0.0511. The van der Waals surface area contributed by atoms with Crippen LogP contribution in [-0.4, -0.2) is 22.0 Å². The van der Waals surface area contributed by atoms with Crippen molar-refractivity contribution >= 4 is 34.1 Å². The molecule has 0 aromatic heterocycles. The number of carbonyl (C=O) groups excluding carboxylic acids is 2. The fraction of sp³-hybridized carbons (Fsp3) is 0.226. The minimum atomic E-state index is -1.43. The van der Waals surface area contributed by atoms with Crippen molar-refractivity contribution < 1.29 is 29.3 Å². The molecule has 2 heterocycles. The number of Topliss-reactive ketones (excluding diaryl/α,β-unsaturated/α-hetero) is 1. The zero-order chi connectivity index (χ0) is 27.3. The summed E-state index contributed by atoms with van der Waals surface area (Å²) in [5, 5.41) is 22.4. The van der Waals surface area contributed by atoms with Gasteiger partial charge in [0.1, 0.15) is 28.1 Å². The van der Waals surface area contributed by atoms with Gasteiger partial charge >= 0.3 is 5.97 Å². The molecule has 6 rings (SSSR count). The van der Waals surface area contributed by atoms with Crippen molar-refractivity contribution in [3.05, 3.63) is 91.5 Å². The number of hydrogen-bond acceptors (Lipinski definition) is 6. The van der Waals surface area contributed by atoms with E-state index in [-0.39, 0.29) is 34.5 Å². The van der Waals surface area contributed by atoms with Gasteiger partial charge in [0.15, 0.2) is 11.4 Å². The zero-order valence-corrected chi connectivity index (χ0v) is 22.3. The molecule has 1 unspecified atom stereocenters. The highest BCUT2D eigenvalue weighted by Gasteiger charge is 2.56. The van der Waals surface area contributed by atoms with Crippen LogP contribution in [0.15, 0.2) is 36.4 Å². The van der Waals surface area contributed by atoms with Gasteiger partial charge in [0.25, 0.3) is 0 Å². The summed E-state index contributed by atoms with van der Waals surface area (Å²) < 4.78 is 12.8. The Hall–Kier alpha value is -4.03. The summed E-state index contributed by atoms with van der Waals surface area (Å²) in [5.74, 6) is -0.217. The summed E-state index contributed by atoms with van der Waals surface area (Å²) in [7, 11) is 0. The standard InChI is InChI=1S/C31H25ClO6/c1-13(33)10-19-12-23-29(26(32)27(19)35)37-28-21-8-7-20(34)11-18(21)6-9-22(28)31(23)25-17(5)15(3)14(2)16(4)24(25)30(36)38-31/h6-9,11-12,34-35H,10H2,1-5H3. The van der Waals surface area contributed by atoms with Gasteiger partial charge in [0.05, 0.1) is 5.56 Å². The van der Waals surface area contributed by atoms with Crippen LogP contribution < -0.4 is 4.74 Å². The van der Waals surface area contributed by atoms with Gasteiger partial charge in [-0.25, -0.2) is 4.79 Å². The Bertz CT molecular complexity index is 1770. The fourth-order valence-electron chi connectivity index (χ4n) is 5.99. The SMILES string of the molecule is CC(=O)Cc1cc2c(c(Cl)c1O)Oc1c(ccc3cc(O)ccc13)C21OC(=O)c2c(C)c(C)c(C)c(C)c21. The van der Waals surface area contributed by atoms with Crippen LogP contribution in [-0.2, 0) is 21.6 Å². The molecule has 7 heteroatoms. The molecular weight excluding hydrogens is 504 g/mol. The number of esters is 1. The van der Waals surface area contributed by atoms with E-state index in [2.05, 4.69) is 0 Å². The molecule has 0 bridgehead atoms. The first-order valence-electron chi connectivity index (χ1n) is 12.3. The zero-order valence-electron chi connectivity index (χ0n) is 21.6.